The first-order valence-electron chi connectivity index (χ1n) is 7.09. The summed E-state index contributed by atoms with van der Waals surface area (Å²) in [6, 6.07) is 9.66. The van der Waals surface area contributed by atoms with Crippen LogP contribution in [0.4, 0.5) is 17.1 Å². The van der Waals surface area contributed by atoms with Crippen LogP contribution in [0.15, 0.2) is 42.5 Å². The molecule has 25 heavy (non-hydrogen) atoms. The number of rotatable bonds is 5. The molecule has 130 valence electrons. The lowest BCUT2D eigenvalue weighted by Gasteiger charge is -2.14. The van der Waals surface area contributed by atoms with Crippen molar-refractivity contribution in [3.8, 4) is 0 Å². The number of benzene rings is 2. The molecule has 2 aromatic carbocycles. The number of halogens is 1. The fraction of sp³-hybridized carbons (Fsp3) is 0.125. The summed E-state index contributed by atoms with van der Waals surface area (Å²) >= 11 is 5.90. The number of nitrogens with zero attached hydrogens (tertiary/aromatic N) is 1. The molecule has 0 unspecified atom stereocenters. The summed E-state index contributed by atoms with van der Waals surface area (Å²) in [5, 5.41) is 13.1. The average molecular weight is 364 g/mol. The Morgan fingerprint density at radius 2 is 1.88 bits per heavy atom. The second kappa shape index (κ2) is 7.63. The van der Waals surface area contributed by atoms with Gasteiger partial charge in [0.25, 0.3) is 11.6 Å². The van der Waals surface area contributed by atoms with Gasteiger partial charge in [0, 0.05) is 17.8 Å². The summed E-state index contributed by atoms with van der Waals surface area (Å²) in [7, 11) is 0. The largest absolute Gasteiger partial charge is 0.449 e. The molecule has 0 aliphatic rings. The minimum absolute atomic E-state index is 0.000360. The van der Waals surface area contributed by atoms with Crippen LogP contribution in [0.5, 0.6) is 0 Å². The highest BCUT2D eigenvalue weighted by Crippen LogP contribution is 2.26. The van der Waals surface area contributed by atoms with E-state index < -0.39 is 22.9 Å². The third-order valence-electron chi connectivity index (χ3n) is 3.22. The van der Waals surface area contributed by atoms with Gasteiger partial charge in [-0.2, -0.15) is 0 Å². The van der Waals surface area contributed by atoms with E-state index in [1.54, 1.807) is 0 Å². The molecule has 0 radical (unpaired) electrons. The van der Waals surface area contributed by atoms with Gasteiger partial charge in [0.2, 0.25) is 0 Å². The fourth-order valence-corrected chi connectivity index (χ4v) is 2.08. The third-order valence-corrected chi connectivity index (χ3v) is 3.53. The number of hydrogen-bond acceptors (Lipinski definition) is 6. The van der Waals surface area contributed by atoms with E-state index >= 15 is 0 Å². The molecule has 8 nitrogen and oxygen atoms in total. The second-order valence-corrected chi connectivity index (χ2v) is 5.49. The molecule has 9 heteroatoms. The predicted octanol–water partition coefficient (Wildman–Crippen LogP) is 3.01. The number of carbonyl (C=O) groups is 2. The van der Waals surface area contributed by atoms with Crippen LogP contribution in [0, 0.1) is 10.1 Å². The van der Waals surface area contributed by atoms with Crippen molar-refractivity contribution in [3.05, 3.63) is 63.2 Å². The number of carbonyl (C=O) groups excluding carboxylic acids is 2. The molecule has 0 aromatic heterocycles. The van der Waals surface area contributed by atoms with Crippen molar-refractivity contribution in [2.75, 3.05) is 11.1 Å². The number of nitrogens with one attached hydrogen (secondary N) is 1. The molecule has 0 fully saturated rings. The van der Waals surface area contributed by atoms with Gasteiger partial charge < -0.3 is 15.8 Å². The van der Waals surface area contributed by atoms with Crippen molar-refractivity contribution in [3.63, 3.8) is 0 Å². The van der Waals surface area contributed by atoms with Crippen molar-refractivity contribution in [2.45, 2.75) is 13.0 Å². The van der Waals surface area contributed by atoms with Gasteiger partial charge in [-0.3, -0.25) is 14.9 Å². The summed E-state index contributed by atoms with van der Waals surface area (Å²) in [6.07, 6.45) is -1.10. The highest BCUT2D eigenvalue weighted by atomic mass is 35.5. The molecule has 0 aliphatic carbocycles. The minimum atomic E-state index is -1.10. The second-order valence-electron chi connectivity index (χ2n) is 5.08. The van der Waals surface area contributed by atoms with Crippen LogP contribution in [0.2, 0.25) is 5.02 Å². The first-order valence-corrected chi connectivity index (χ1v) is 7.47. The highest BCUT2D eigenvalue weighted by Gasteiger charge is 2.20. The number of non-ortho nitro benzene ring substituents is 1. The smallest absolute Gasteiger partial charge is 0.338 e. The number of nitro benzene ring substituents is 1. The molecule has 3 N–H and O–H groups in total. The number of amides is 1. The Labute approximate surface area is 147 Å². The van der Waals surface area contributed by atoms with Crippen LogP contribution >= 0.6 is 11.6 Å². The van der Waals surface area contributed by atoms with Gasteiger partial charge in [-0.25, -0.2) is 4.79 Å². The average Bonchev–Trinajstić information content (AvgIpc) is 2.56. The van der Waals surface area contributed by atoms with E-state index in [-0.39, 0.29) is 22.0 Å². The van der Waals surface area contributed by atoms with Gasteiger partial charge in [0.05, 0.1) is 21.2 Å². The van der Waals surface area contributed by atoms with Gasteiger partial charge in [-0.15, -0.1) is 0 Å². The summed E-state index contributed by atoms with van der Waals surface area (Å²) in [5.74, 6) is -1.31. The van der Waals surface area contributed by atoms with Crippen molar-refractivity contribution >= 4 is 40.5 Å². The van der Waals surface area contributed by atoms with Gasteiger partial charge in [-0.1, -0.05) is 11.6 Å². The van der Waals surface area contributed by atoms with Crippen LogP contribution in [0.1, 0.15) is 17.3 Å². The zero-order valence-corrected chi connectivity index (χ0v) is 13.8. The van der Waals surface area contributed by atoms with Crippen LogP contribution in [-0.4, -0.2) is 22.9 Å². The van der Waals surface area contributed by atoms with Crippen LogP contribution in [0.25, 0.3) is 0 Å². The molecule has 0 aliphatic heterocycles. The lowest BCUT2D eigenvalue weighted by atomic mass is 10.2. The quantitative estimate of drug-likeness (QED) is 0.364. The lowest BCUT2D eigenvalue weighted by molar-refractivity contribution is -0.384. The summed E-state index contributed by atoms with van der Waals surface area (Å²) < 4.78 is 5.07. The SMILES string of the molecule is C[C@H](OC(=O)c1ccc(N)cc1)C(=O)Nc1ccc([N+](=O)[O-])cc1Cl. The Bertz CT molecular complexity index is 823. The molecule has 0 saturated heterocycles. The van der Waals surface area contributed by atoms with Crippen molar-refractivity contribution in [2.24, 2.45) is 0 Å². The number of nitrogen functional groups attached to an aromatic ring is 1. The summed E-state index contributed by atoms with van der Waals surface area (Å²) in [5.41, 5.74) is 6.25. The number of nitro groups is 1. The van der Waals surface area contributed by atoms with E-state index in [4.69, 9.17) is 22.1 Å². The number of hydrogen-bond donors (Lipinski definition) is 2. The Balaban J connectivity index is 2.01. The van der Waals surface area contributed by atoms with Gasteiger partial charge in [0.1, 0.15) is 0 Å². The molecule has 1 atom stereocenters. The van der Waals surface area contributed by atoms with E-state index in [1.807, 2.05) is 0 Å². The summed E-state index contributed by atoms with van der Waals surface area (Å²) in [4.78, 5) is 34.1. The van der Waals surface area contributed by atoms with Crippen LogP contribution in [-0.2, 0) is 9.53 Å². The molecule has 0 bridgehead atoms. The predicted molar refractivity (Wildman–Crippen MR) is 92.5 cm³/mol. The molecule has 2 aromatic rings. The maximum absolute atomic E-state index is 12.1. The van der Waals surface area contributed by atoms with Gasteiger partial charge in [-0.05, 0) is 37.3 Å². The number of nitrogens with two attached hydrogens (primary N) is 1. The first-order chi connectivity index (χ1) is 11.8. The maximum Gasteiger partial charge on any atom is 0.338 e. The van der Waals surface area contributed by atoms with Crippen molar-refractivity contribution in [1.29, 1.82) is 0 Å². The van der Waals surface area contributed by atoms with E-state index in [0.717, 1.165) is 6.07 Å². The van der Waals surface area contributed by atoms with Crippen LogP contribution in [0.3, 0.4) is 0 Å². The molecular formula is C16H14ClN3O5. The number of anilines is 2. The van der Waals surface area contributed by atoms with E-state index in [9.17, 15) is 19.7 Å². The molecule has 2 rings (SSSR count). The number of ether oxygens (including phenoxy) is 1. The van der Waals surface area contributed by atoms with E-state index in [0.29, 0.717) is 5.69 Å². The summed E-state index contributed by atoms with van der Waals surface area (Å²) in [6.45, 7) is 1.39. The lowest BCUT2D eigenvalue weighted by Crippen LogP contribution is -2.30. The molecule has 0 heterocycles. The van der Waals surface area contributed by atoms with Crippen molar-refractivity contribution < 1.29 is 19.2 Å². The molecular weight excluding hydrogens is 350 g/mol. The zero-order valence-electron chi connectivity index (χ0n) is 13.1. The minimum Gasteiger partial charge on any atom is -0.449 e. The Morgan fingerprint density at radius 3 is 2.44 bits per heavy atom. The highest BCUT2D eigenvalue weighted by molar-refractivity contribution is 6.34. The standard InChI is InChI=1S/C16H14ClN3O5/c1-9(25-16(22)10-2-4-11(18)5-3-10)15(21)19-14-7-6-12(20(23)24)8-13(14)17/h2-9H,18H2,1H3,(H,19,21)/t9-/m0/s1. The van der Waals surface area contributed by atoms with Crippen molar-refractivity contribution in [1.82, 2.24) is 0 Å². The molecule has 1 amide bonds. The molecule has 0 saturated carbocycles. The van der Waals surface area contributed by atoms with Crippen LogP contribution < -0.4 is 11.1 Å². The van der Waals surface area contributed by atoms with Gasteiger partial charge >= 0.3 is 5.97 Å². The molecule has 0 spiro atoms. The third kappa shape index (κ3) is 4.67. The Hall–Kier alpha value is -3.13. The monoisotopic (exact) mass is 363 g/mol. The Morgan fingerprint density at radius 1 is 1.24 bits per heavy atom. The first kappa shape index (κ1) is 18.2. The van der Waals surface area contributed by atoms with E-state index in [1.165, 1.54) is 43.3 Å². The Kier molecular flexibility index (Phi) is 5.56. The van der Waals surface area contributed by atoms with E-state index in [2.05, 4.69) is 5.32 Å². The normalized spacial score (nSPS) is 11.4. The zero-order chi connectivity index (χ0) is 18.6. The maximum atomic E-state index is 12.1. The number of esters is 1. The fourth-order valence-electron chi connectivity index (χ4n) is 1.85. The van der Waals surface area contributed by atoms with Gasteiger partial charge in [0.15, 0.2) is 6.10 Å². The topological polar surface area (TPSA) is 125 Å².